The average molecular weight is 357 g/mol. The number of nitrogens with one attached hydrogen (secondary N) is 1. The summed E-state index contributed by atoms with van der Waals surface area (Å²) < 4.78 is 4.66. The Hall–Kier alpha value is -2.84. The van der Waals surface area contributed by atoms with Gasteiger partial charge in [0.2, 0.25) is 0 Å². The molecule has 0 aliphatic rings. The molecular formula is C19H17ClN2O3. The Labute approximate surface area is 151 Å². The molecule has 0 spiro atoms. The van der Waals surface area contributed by atoms with Gasteiger partial charge in [0, 0.05) is 17.2 Å². The molecule has 5 nitrogen and oxygen atoms in total. The second-order valence-electron chi connectivity index (χ2n) is 5.57. The van der Waals surface area contributed by atoms with Gasteiger partial charge in [0.05, 0.1) is 23.8 Å². The number of nitriles is 1. The minimum Gasteiger partial charge on any atom is -0.465 e. The third-order valence-electron chi connectivity index (χ3n) is 3.58. The highest BCUT2D eigenvalue weighted by Gasteiger charge is 2.13. The molecule has 1 amide bonds. The largest absolute Gasteiger partial charge is 0.465 e. The quantitative estimate of drug-likeness (QED) is 0.818. The van der Waals surface area contributed by atoms with E-state index in [1.807, 2.05) is 13.0 Å². The fraction of sp³-hybridized carbons (Fsp3) is 0.211. The fourth-order valence-corrected chi connectivity index (χ4v) is 2.51. The van der Waals surface area contributed by atoms with Crippen LogP contribution in [0.5, 0.6) is 0 Å². The van der Waals surface area contributed by atoms with Crippen molar-refractivity contribution < 1.29 is 14.3 Å². The average Bonchev–Trinajstić information content (AvgIpc) is 2.62. The second-order valence-corrected chi connectivity index (χ2v) is 5.98. The zero-order chi connectivity index (χ0) is 18.4. The topological polar surface area (TPSA) is 79.2 Å². The van der Waals surface area contributed by atoms with Crippen LogP contribution in [-0.2, 0) is 11.2 Å². The third-order valence-corrected chi connectivity index (χ3v) is 3.91. The highest BCUT2D eigenvalue weighted by Crippen LogP contribution is 2.22. The van der Waals surface area contributed by atoms with Gasteiger partial charge in [0.25, 0.3) is 5.91 Å². The van der Waals surface area contributed by atoms with Crippen LogP contribution in [0.15, 0.2) is 42.5 Å². The van der Waals surface area contributed by atoms with Gasteiger partial charge in [0.1, 0.15) is 0 Å². The van der Waals surface area contributed by atoms with Crippen LogP contribution in [0.2, 0.25) is 5.02 Å². The van der Waals surface area contributed by atoms with Crippen LogP contribution in [-0.4, -0.2) is 19.0 Å². The Balaban J connectivity index is 2.19. The maximum Gasteiger partial charge on any atom is 0.339 e. The predicted octanol–water partition coefficient (Wildman–Crippen LogP) is 4.08. The van der Waals surface area contributed by atoms with Gasteiger partial charge >= 0.3 is 5.97 Å². The van der Waals surface area contributed by atoms with Gasteiger partial charge < -0.3 is 10.1 Å². The summed E-state index contributed by atoms with van der Waals surface area (Å²) in [6.07, 6.45) is 0.574. The molecule has 0 aliphatic heterocycles. The summed E-state index contributed by atoms with van der Waals surface area (Å²) in [5, 5.41) is 11.9. The van der Waals surface area contributed by atoms with E-state index in [1.165, 1.54) is 19.2 Å². The first-order chi connectivity index (χ1) is 11.9. The highest BCUT2D eigenvalue weighted by atomic mass is 35.5. The molecule has 2 aromatic carbocycles. The molecule has 0 fully saturated rings. The van der Waals surface area contributed by atoms with Crippen molar-refractivity contribution in [2.75, 3.05) is 12.4 Å². The number of carbonyl (C=O) groups is 2. The SMILES string of the molecule is COC(=O)c1cc(NC(=O)c2cccc(CC(C)C#N)c2)ccc1Cl. The minimum absolute atomic E-state index is 0.128. The molecule has 1 N–H and O–H groups in total. The molecule has 0 saturated carbocycles. The summed E-state index contributed by atoms with van der Waals surface area (Å²) in [5.41, 5.74) is 1.99. The predicted molar refractivity (Wildman–Crippen MR) is 95.7 cm³/mol. The van der Waals surface area contributed by atoms with E-state index in [1.54, 1.807) is 24.3 Å². The zero-order valence-corrected chi connectivity index (χ0v) is 14.6. The molecule has 6 heteroatoms. The number of hydrogen-bond acceptors (Lipinski definition) is 4. The number of amides is 1. The highest BCUT2D eigenvalue weighted by molar-refractivity contribution is 6.33. The smallest absolute Gasteiger partial charge is 0.339 e. The number of methoxy groups -OCH3 is 1. The summed E-state index contributed by atoms with van der Waals surface area (Å²) in [4.78, 5) is 24.1. The Morgan fingerprint density at radius 1 is 1.28 bits per heavy atom. The number of ether oxygens (including phenoxy) is 1. The van der Waals surface area contributed by atoms with Crippen molar-refractivity contribution in [3.8, 4) is 6.07 Å². The maximum absolute atomic E-state index is 12.4. The van der Waals surface area contributed by atoms with Gasteiger partial charge in [-0.05, 0) is 49.2 Å². The van der Waals surface area contributed by atoms with Crippen molar-refractivity contribution in [3.63, 3.8) is 0 Å². The first kappa shape index (κ1) is 18.5. The number of esters is 1. The van der Waals surface area contributed by atoms with E-state index in [0.29, 0.717) is 17.7 Å². The van der Waals surface area contributed by atoms with Crippen LogP contribution < -0.4 is 5.32 Å². The van der Waals surface area contributed by atoms with Gasteiger partial charge in [-0.2, -0.15) is 5.26 Å². The number of rotatable bonds is 5. The molecule has 1 atom stereocenters. The standard InChI is InChI=1S/C19H17ClN2O3/c1-12(11-21)8-13-4-3-5-14(9-13)18(23)22-15-6-7-17(20)16(10-15)19(24)25-2/h3-7,9-10,12H,8H2,1-2H3,(H,22,23). The van der Waals surface area contributed by atoms with E-state index in [-0.39, 0.29) is 22.4 Å². The molecule has 0 heterocycles. The van der Waals surface area contributed by atoms with Crippen LogP contribution >= 0.6 is 11.6 Å². The molecule has 25 heavy (non-hydrogen) atoms. The molecule has 128 valence electrons. The molecule has 0 saturated heterocycles. The third kappa shape index (κ3) is 4.82. The lowest BCUT2D eigenvalue weighted by atomic mass is 10.0. The van der Waals surface area contributed by atoms with Gasteiger partial charge in [-0.15, -0.1) is 0 Å². The lowest BCUT2D eigenvalue weighted by molar-refractivity contribution is 0.0600. The van der Waals surface area contributed by atoms with Gasteiger partial charge in [-0.25, -0.2) is 4.79 Å². The molecule has 2 rings (SSSR count). The van der Waals surface area contributed by atoms with Gasteiger partial charge in [-0.3, -0.25) is 4.79 Å². The molecule has 2 aromatic rings. The molecule has 0 aromatic heterocycles. The van der Waals surface area contributed by atoms with Gasteiger partial charge in [0.15, 0.2) is 0 Å². The number of hydrogen-bond donors (Lipinski definition) is 1. The number of carbonyl (C=O) groups excluding carboxylic acids is 2. The van der Waals surface area contributed by atoms with Crippen LogP contribution in [0, 0.1) is 17.2 Å². The Morgan fingerprint density at radius 2 is 2.04 bits per heavy atom. The summed E-state index contributed by atoms with van der Waals surface area (Å²) in [6, 6.07) is 13.9. The normalized spacial score (nSPS) is 11.3. The van der Waals surface area contributed by atoms with E-state index in [9.17, 15) is 9.59 Å². The zero-order valence-electron chi connectivity index (χ0n) is 13.9. The molecule has 0 bridgehead atoms. The monoisotopic (exact) mass is 356 g/mol. The van der Waals surface area contributed by atoms with Crippen LogP contribution in [0.4, 0.5) is 5.69 Å². The van der Waals surface area contributed by atoms with Crippen LogP contribution in [0.25, 0.3) is 0 Å². The van der Waals surface area contributed by atoms with Crippen LogP contribution in [0.1, 0.15) is 33.2 Å². The van der Waals surface area contributed by atoms with Crippen molar-refractivity contribution in [1.82, 2.24) is 0 Å². The summed E-state index contributed by atoms with van der Waals surface area (Å²) in [6.45, 7) is 1.83. The number of anilines is 1. The van der Waals surface area contributed by atoms with Gasteiger partial charge in [-0.1, -0.05) is 23.7 Å². The summed E-state index contributed by atoms with van der Waals surface area (Å²) in [7, 11) is 1.26. The first-order valence-electron chi connectivity index (χ1n) is 7.62. The summed E-state index contributed by atoms with van der Waals surface area (Å²) >= 11 is 5.97. The Bertz CT molecular complexity index is 843. The van der Waals surface area contributed by atoms with E-state index >= 15 is 0 Å². The minimum atomic E-state index is -0.575. The van der Waals surface area contributed by atoms with Crippen molar-refractivity contribution >= 4 is 29.2 Å². The van der Waals surface area contributed by atoms with Crippen LogP contribution in [0.3, 0.4) is 0 Å². The lowest BCUT2D eigenvalue weighted by Gasteiger charge is -2.09. The maximum atomic E-state index is 12.4. The van der Waals surface area contributed by atoms with Crippen molar-refractivity contribution in [2.24, 2.45) is 5.92 Å². The molecule has 1 unspecified atom stereocenters. The van der Waals surface area contributed by atoms with E-state index < -0.39 is 5.97 Å². The molecule has 0 aliphatic carbocycles. The van der Waals surface area contributed by atoms with Crippen molar-refractivity contribution in [3.05, 3.63) is 64.2 Å². The molecular weight excluding hydrogens is 340 g/mol. The second kappa shape index (κ2) is 8.32. The summed E-state index contributed by atoms with van der Waals surface area (Å²) in [5.74, 6) is -1.02. The lowest BCUT2D eigenvalue weighted by Crippen LogP contribution is -2.13. The fourth-order valence-electron chi connectivity index (χ4n) is 2.31. The van der Waals surface area contributed by atoms with Crippen molar-refractivity contribution in [2.45, 2.75) is 13.3 Å². The molecule has 0 radical (unpaired) electrons. The van der Waals surface area contributed by atoms with Crippen molar-refractivity contribution in [1.29, 1.82) is 5.26 Å². The number of halogens is 1. The van der Waals surface area contributed by atoms with E-state index in [4.69, 9.17) is 16.9 Å². The number of benzene rings is 2. The first-order valence-corrected chi connectivity index (χ1v) is 8.00. The number of nitrogens with zero attached hydrogens (tertiary/aromatic N) is 1. The van der Waals surface area contributed by atoms with E-state index in [2.05, 4.69) is 16.1 Å². The van der Waals surface area contributed by atoms with E-state index in [0.717, 1.165) is 5.56 Å². The Kier molecular flexibility index (Phi) is 6.15. The Morgan fingerprint density at radius 3 is 2.72 bits per heavy atom.